The minimum Gasteiger partial charge on any atom is -0.490 e. The summed E-state index contributed by atoms with van der Waals surface area (Å²) in [6.45, 7) is 0. The van der Waals surface area contributed by atoms with Crippen LogP contribution >= 0.6 is 23.2 Å². The number of methoxy groups -OCH3 is 1. The highest BCUT2D eigenvalue weighted by atomic mass is 35.5. The van der Waals surface area contributed by atoms with Crippen molar-refractivity contribution in [1.82, 2.24) is 14.5 Å². The van der Waals surface area contributed by atoms with Crippen molar-refractivity contribution >= 4 is 34.2 Å². The molecule has 2 heterocycles. The third-order valence-electron chi connectivity index (χ3n) is 2.21. The van der Waals surface area contributed by atoms with E-state index in [4.69, 9.17) is 27.9 Å². The van der Waals surface area contributed by atoms with E-state index in [1.54, 1.807) is 7.05 Å². The van der Waals surface area contributed by atoms with Crippen molar-refractivity contribution in [3.8, 4) is 5.75 Å². The lowest BCUT2D eigenvalue weighted by atomic mass is 10.3. The first-order valence-corrected chi connectivity index (χ1v) is 5.06. The largest absolute Gasteiger partial charge is 0.490 e. The molecule has 0 aliphatic carbocycles. The average molecular weight is 260 g/mol. The maximum Gasteiger partial charge on any atom is 0.294 e. The SMILES string of the molecule is COc1c(Cl)c2nc(Cl)ncc2n(C)c1=O. The number of ether oxygens (including phenoxy) is 1. The van der Waals surface area contributed by atoms with Gasteiger partial charge < -0.3 is 9.30 Å². The number of hydrogen-bond donors (Lipinski definition) is 0. The molecule has 0 saturated carbocycles. The van der Waals surface area contributed by atoms with Gasteiger partial charge in [0, 0.05) is 7.05 Å². The Morgan fingerprint density at radius 1 is 1.44 bits per heavy atom. The number of halogens is 2. The molecule has 0 fully saturated rings. The molecule has 0 bridgehead atoms. The van der Waals surface area contributed by atoms with E-state index in [9.17, 15) is 4.79 Å². The topological polar surface area (TPSA) is 57.0 Å². The Morgan fingerprint density at radius 2 is 2.12 bits per heavy atom. The summed E-state index contributed by atoms with van der Waals surface area (Å²) in [5.74, 6) is 0.0476. The Morgan fingerprint density at radius 3 is 2.75 bits per heavy atom. The van der Waals surface area contributed by atoms with Crippen molar-refractivity contribution in [3.63, 3.8) is 0 Å². The van der Waals surface area contributed by atoms with Gasteiger partial charge in [-0.05, 0) is 11.6 Å². The molecule has 2 aromatic heterocycles. The van der Waals surface area contributed by atoms with Gasteiger partial charge in [-0.2, -0.15) is 0 Å². The molecule has 84 valence electrons. The highest BCUT2D eigenvalue weighted by Gasteiger charge is 2.15. The van der Waals surface area contributed by atoms with Crippen LogP contribution in [0.5, 0.6) is 5.75 Å². The van der Waals surface area contributed by atoms with Crippen LogP contribution in [0.2, 0.25) is 10.3 Å². The zero-order valence-electron chi connectivity index (χ0n) is 8.49. The van der Waals surface area contributed by atoms with Crippen molar-refractivity contribution in [2.75, 3.05) is 7.11 Å². The van der Waals surface area contributed by atoms with Crippen LogP contribution in [0.3, 0.4) is 0 Å². The van der Waals surface area contributed by atoms with Crippen molar-refractivity contribution in [1.29, 1.82) is 0 Å². The van der Waals surface area contributed by atoms with E-state index < -0.39 is 0 Å². The number of nitrogens with zero attached hydrogens (tertiary/aromatic N) is 3. The fraction of sp³-hybridized carbons (Fsp3) is 0.222. The van der Waals surface area contributed by atoms with Crippen LogP contribution in [0.1, 0.15) is 0 Å². The van der Waals surface area contributed by atoms with Gasteiger partial charge in [-0.25, -0.2) is 9.97 Å². The molecule has 0 atom stereocenters. The number of pyridine rings is 1. The molecule has 0 amide bonds. The van der Waals surface area contributed by atoms with E-state index in [1.165, 1.54) is 17.9 Å². The zero-order chi connectivity index (χ0) is 11.9. The molecule has 2 aromatic rings. The number of aryl methyl sites for hydroxylation is 1. The molecular weight excluding hydrogens is 253 g/mol. The first-order valence-electron chi connectivity index (χ1n) is 4.31. The Kier molecular flexibility index (Phi) is 2.73. The van der Waals surface area contributed by atoms with Gasteiger partial charge in [0.2, 0.25) is 11.0 Å². The maximum atomic E-state index is 11.8. The van der Waals surface area contributed by atoms with E-state index in [0.717, 1.165) is 0 Å². The minimum absolute atomic E-state index is 0.0476. The Bertz CT molecular complexity index is 624. The summed E-state index contributed by atoms with van der Waals surface area (Å²) < 4.78 is 6.29. The van der Waals surface area contributed by atoms with Gasteiger partial charge in [0.15, 0.2) is 0 Å². The molecule has 0 aromatic carbocycles. The van der Waals surface area contributed by atoms with Gasteiger partial charge in [0.05, 0.1) is 18.8 Å². The standard InChI is InChI=1S/C9H7Cl2N3O2/c1-14-4-3-12-9(11)13-6(4)5(10)7(16-2)8(14)15/h3H,1-2H3. The minimum atomic E-state index is -0.342. The summed E-state index contributed by atoms with van der Waals surface area (Å²) >= 11 is 11.7. The molecule has 0 saturated heterocycles. The predicted octanol–water partition coefficient (Wildman–Crippen LogP) is 1.64. The normalized spacial score (nSPS) is 10.8. The van der Waals surface area contributed by atoms with Gasteiger partial charge in [-0.15, -0.1) is 0 Å². The molecule has 0 unspecified atom stereocenters. The van der Waals surface area contributed by atoms with E-state index in [1.807, 2.05) is 0 Å². The van der Waals surface area contributed by atoms with E-state index in [0.29, 0.717) is 11.0 Å². The van der Waals surface area contributed by atoms with E-state index in [2.05, 4.69) is 9.97 Å². The van der Waals surface area contributed by atoms with Crippen LogP contribution in [0.4, 0.5) is 0 Å². The first-order chi connectivity index (χ1) is 7.56. The maximum absolute atomic E-state index is 11.8. The summed E-state index contributed by atoms with van der Waals surface area (Å²) in [6.07, 6.45) is 1.44. The summed E-state index contributed by atoms with van der Waals surface area (Å²) in [7, 11) is 2.96. The smallest absolute Gasteiger partial charge is 0.294 e. The van der Waals surface area contributed by atoms with Gasteiger partial charge in [-0.1, -0.05) is 11.6 Å². The van der Waals surface area contributed by atoms with Crippen molar-refractivity contribution in [3.05, 3.63) is 26.9 Å². The Balaban J connectivity index is 3.02. The number of hydrogen-bond acceptors (Lipinski definition) is 4. The molecule has 0 spiro atoms. The second kappa shape index (κ2) is 3.92. The monoisotopic (exact) mass is 259 g/mol. The van der Waals surface area contributed by atoms with Crippen LogP contribution in [0.15, 0.2) is 11.0 Å². The second-order valence-electron chi connectivity index (χ2n) is 3.08. The summed E-state index contributed by atoms with van der Waals surface area (Å²) in [5.41, 5.74) is 0.548. The highest BCUT2D eigenvalue weighted by molar-refractivity contribution is 6.36. The first kappa shape index (κ1) is 11.2. The second-order valence-corrected chi connectivity index (χ2v) is 3.80. The van der Waals surface area contributed by atoms with Crippen LogP contribution in [0, 0.1) is 0 Å². The molecule has 0 N–H and O–H groups in total. The lowest BCUT2D eigenvalue weighted by molar-refractivity contribution is 0.406. The third-order valence-corrected chi connectivity index (χ3v) is 2.74. The van der Waals surface area contributed by atoms with Crippen LogP contribution in [-0.4, -0.2) is 21.6 Å². The number of rotatable bonds is 1. The fourth-order valence-electron chi connectivity index (χ4n) is 1.40. The molecule has 16 heavy (non-hydrogen) atoms. The molecule has 2 rings (SSSR count). The van der Waals surface area contributed by atoms with Gasteiger partial charge >= 0.3 is 0 Å². The van der Waals surface area contributed by atoms with Crippen molar-refractivity contribution < 1.29 is 4.74 Å². The fourth-order valence-corrected chi connectivity index (χ4v) is 1.83. The number of aromatic nitrogens is 3. The lowest BCUT2D eigenvalue weighted by Crippen LogP contribution is -2.19. The summed E-state index contributed by atoms with van der Waals surface area (Å²) in [4.78, 5) is 19.6. The van der Waals surface area contributed by atoms with Gasteiger partial charge in [0.1, 0.15) is 10.5 Å². The Labute approximate surface area is 101 Å². The molecule has 0 aliphatic heterocycles. The van der Waals surface area contributed by atoms with Crippen LogP contribution in [-0.2, 0) is 7.05 Å². The van der Waals surface area contributed by atoms with Crippen molar-refractivity contribution in [2.24, 2.45) is 7.05 Å². The molecule has 0 aliphatic rings. The third kappa shape index (κ3) is 1.52. The lowest BCUT2D eigenvalue weighted by Gasteiger charge is -2.09. The summed E-state index contributed by atoms with van der Waals surface area (Å²) in [6, 6.07) is 0. The predicted molar refractivity (Wildman–Crippen MR) is 61.4 cm³/mol. The highest BCUT2D eigenvalue weighted by Crippen LogP contribution is 2.27. The van der Waals surface area contributed by atoms with Crippen LogP contribution in [0.25, 0.3) is 11.0 Å². The zero-order valence-corrected chi connectivity index (χ0v) is 10.0. The Hall–Kier alpha value is -1.33. The molecule has 0 radical (unpaired) electrons. The average Bonchev–Trinajstić information content (AvgIpc) is 2.27. The number of fused-ring (bicyclic) bond motifs is 1. The molecule has 7 heteroatoms. The summed E-state index contributed by atoms with van der Waals surface area (Å²) in [5, 5.41) is 0.208. The molecule has 5 nitrogen and oxygen atoms in total. The quantitative estimate of drug-likeness (QED) is 0.731. The van der Waals surface area contributed by atoms with E-state index in [-0.39, 0.29) is 21.6 Å². The van der Waals surface area contributed by atoms with Crippen LogP contribution < -0.4 is 10.3 Å². The van der Waals surface area contributed by atoms with Gasteiger partial charge in [-0.3, -0.25) is 4.79 Å². The van der Waals surface area contributed by atoms with Gasteiger partial charge in [0.25, 0.3) is 5.56 Å². The molecular formula is C9H7Cl2N3O2. The van der Waals surface area contributed by atoms with E-state index >= 15 is 0 Å². The van der Waals surface area contributed by atoms with Crippen molar-refractivity contribution in [2.45, 2.75) is 0 Å².